The molecule has 2 aromatic rings. The fraction of sp³-hybridized carbons (Fsp3) is 0.200. The Kier molecular flexibility index (Phi) is 4.55. The molecule has 20 heavy (non-hydrogen) atoms. The lowest BCUT2D eigenvalue weighted by molar-refractivity contribution is 0.0954. The number of amides is 2. The van der Waals surface area contributed by atoms with Gasteiger partial charge in [0.25, 0.3) is 11.8 Å². The van der Waals surface area contributed by atoms with Gasteiger partial charge in [-0.25, -0.2) is 0 Å². The molecule has 0 fully saturated rings. The zero-order valence-corrected chi connectivity index (χ0v) is 11.2. The van der Waals surface area contributed by atoms with Gasteiger partial charge in [0.15, 0.2) is 5.76 Å². The fourth-order valence-corrected chi connectivity index (χ4v) is 1.72. The van der Waals surface area contributed by atoms with Crippen LogP contribution < -0.4 is 10.6 Å². The lowest BCUT2D eigenvalue weighted by atomic mass is 10.1. The molecule has 5 nitrogen and oxygen atoms in total. The highest BCUT2D eigenvalue weighted by molar-refractivity contribution is 6.07. The van der Waals surface area contributed by atoms with Crippen LogP contribution >= 0.6 is 0 Å². The molecule has 0 aliphatic carbocycles. The minimum absolute atomic E-state index is 0.203. The van der Waals surface area contributed by atoms with E-state index in [0.717, 1.165) is 6.42 Å². The van der Waals surface area contributed by atoms with Crippen molar-refractivity contribution in [2.75, 3.05) is 11.9 Å². The number of benzene rings is 1. The maximum absolute atomic E-state index is 12.0. The molecule has 1 heterocycles. The van der Waals surface area contributed by atoms with Gasteiger partial charge < -0.3 is 15.1 Å². The van der Waals surface area contributed by atoms with Gasteiger partial charge in [0, 0.05) is 6.54 Å². The molecular weight excluding hydrogens is 256 g/mol. The second kappa shape index (κ2) is 6.56. The normalized spacial score (nSPS) is 10.1. The van der Waals surface area contributed by atoms with Crippen molar-refractivity contribution in [1.82, 2.24) is 5.32 Å². The molecule has 0 unspecified atom stereocenters. The predicted octanol–water partition coefficient (Wildman–Crippen LogP) is 2.67. The lowest BCUT2D eigenvalue weighted by Crippen LogP contribution is -2.25. The number of carbonyl (C=O) groups excluding carboxylic acids is 2. The number of hydrogen-bond acceptors (Lipinski definition) is 3. The first-order chi connectivity index (χ1) is 9.72. The van der Waals surface area contributed by atoms with Gasteiger partial charge >= 0.3 is 0 Å². The number of furan rings is 1. The number of carbonyl (C=O) groups is 2. The average molecular weight is 272 g/mol. The van der Waals surface area contributed by atoms with E-state index in [4.69, 9.17) is 4.42 Å². The van der Waals surface area contributed by atoms with Crippen LogP contribution in [0.4, 0.5) is 5.69 Å². The summed E-state index contributed by atoms with van der Waals surface area (Å²) in [5.74, 6) is -0.387. The van der Waals surface area contributed by atoms with Gasteiger partial charge in [-0.1, -0.05) is 19.1 Å². The number of para-hydroxylation sites is 1. The Morgan fingerprint density at radius 2 is 1.90 bits per heavy atom. The number of hydrogen-bond donors (Lipinski definition) is 2. The summed E-state index contributed by atoms with van der Waals surface area (Å²) in [6, 6.07) is 10.1. The Bertz CT molecular complexity index is 591. The molecule has 0 aliphatic rings. The number of rotatable bonds is 5. The van der Waals surface area contributed by atoms with E-state index in [0.29, 0.717) is 17.8 Å². The van der Waals surface area contributed by atoms with Crippen LogP contribution in [0, 0.1) is 0 Å². The third-order valence-corrected chi connectivity index (χ3v) is 2.70. The quantitative estimate of drug-likeness (QED) is 0.879. The standard InChI is InChI=1S/C15H16N2O3/c1-2-9-16-14(18)11-6-3-4-7-12(11)17-15(19)13-8-5-10-20-13/h3-8,10H,2,9H2,1H3,(H,16,18)(H,17,19). The van der Waals surface area contributed by atoms with Gasteiger partial charge in [0.2, 0.25) is 0 Å². The molecule has 104 valence electrons. The van der Waals surface area contributed by atoms with Gasteiger partial charge in [0.1, 0.15) is 0 Å². The zero-order valence-electron chi connectivity index (χ0n) is 11.2. The summed E-state index contributed by atoms with van der Waals surface area (Å²) in [6.45, 7) is 2.57. The molecule has 1 aromatic carbocycles. The van der Waals surface area contributed by atoms with E-state index in [9.17, 15) is 9.59 Å². The molecular formula is C15H16N2O3. The van der Waals surface area contributed by atoms with Crippen molar-refractivity contribution in [3.8, 4) is 0 Å². The maximum atomic E-state index is 12.0. The predicted molar refractivity (Wildman–Crippen MR) is 75.7 cm³/mol. The second-order valence-corrected chi connectivity index (χ2v) is 4.23. The van der Waals surface area contributed by atoms with Crippen molar-refractivity contribution in [2.24, 2.45) is 0 Å². The minimum atomic E-state index is -0.384. The first kappa shape index (κ1) is 13.9. The van der Waals surface area contributed by atoms with Gasteiger partial charge in [-0.15, -0.1) is 0 Å². The highest BCUT2D eigenvalue weighted by Crippen LogP contribution is 2.16. The van der Waals surface area contributed by atoms with Crippen molar-refractivity contribution in [1.29, 1.82) is 0 Å². The van der Waals surface area contributed by atoms with Gasteiger partial charge in [-0.2, -0.15) is 0 Å². The topological polar surface area (TPSA) is 71.3 Å². The highest BCUT2D eigenvalue weighted by Gasteiger charge is 2.14. The van der Waals surface area contributed by atoms with E-state index in [2.05, 4.69) is 10.6 Å². The van der Waals surface area contributed by atoms with Crippen molar-refractivity contribution in [3.63, 3.8) is 0 Å². The number of anilines is 1. The largest absolute Gasteiger partial charge is 0.459 e. The molecule has 0 bridgehead atoms. The van der Waals surface area contributed by atoms with E-state index >= 15 is 0 Å². The van der Waals surface area contributed by atoms with Crippen molar-refractivity contribution in [3.05, 3.63) is 54.0 Å². The van der Waals surface area contributed by atoms with Crippen molar-refractivity contribution in [2.45, 2.75) is 13.3 Å². The van der Waals surface area contributed by atoms with Crippen LogP contribution in [0.2, 0.25) is 0 Å². The molecule has 5 heteroatoms. The summed E-state index contributed by atoms with van der Waals surface area (Å²) >= 11 is 0. The van der Waals surface area contributed by atoms with Crippen molar-refractivity contribution < 1.29 is 14.0 Å². The van der Waals surface area contributed by atoms with E-state index in [1.54, 1.807) is 36.4 Å². The van der Waals surface area contributed by atoms with E-state index in [-0.39, 0.29) is 17.6 Å². The minimum Gasteiger partial charge on any atom is -0.459 e. The Balaban J connectivity index is 2.15. The van der Waals surface area contributed by atoms with E-state index in [1.165, 1.54) is 6.26 Å². The van der Waals surface area contributed by atoms with Gasteiger partial charge in [0.05, 0.1) is 17.5 Å². The monoisotopic (exact) mass is 272 g/mol. The summed E-state index contributed by atoms with van der Waals surface area (Å²) in [4.78, 5) is 23.9. The summed E-state index contributed by atoms with van der Waals surface area (Å²) in [6.07, 6.45) is 2.28. The Morgan fingerprint density at radius 1 is 1.10 bits per heavy atom. The van der Waals surface area contributed by atoms with Crippen LogP contribution in [0.15, 0.2) is 47.1 Å². The molecule has 0 radical (unpaired) electrons. The maximum Gasteiger partial charge on any atom is 0.291 e. The van der Waals surface area contributed by atoms with Gasteiger partial charge in [-0.05, 0) is 30.7 Å². The molecule has 0 saturated carbocycles. The smallest absolute Gasteiger partial charge is 0.291 e. The van der Waals surface area contributed by atoms with Crippen LogP contribution in [0.25, 0.3) is 0 Å². The van der Waals surface area contributed by atoms with Crippen molar-refractivity contribution >= 4 is 17.5 Å². The average Bonchev–Trinajstić information content (AvgIpc) is 2.99. The summed E-state index contributed by atoms with van der Waals surface area (Å²) < 4.78 is 5.02. The molecule has 2 N–H and O–H groups in total. The summed E-state index contributed by atoms with van der Waals surface area (Å²) in [7, 11) is 0. The molecule has 0 saturated heterocycles. The zero-order chi connectivity index (χ0) is 14.4. The Labute approximate surface area is 117 Å². The first-order valence-electron chi connectivity index (χ1n) is 6.44. The highest BCUT2D eigenvalue weighted by atomic mass is 16.3. The fourth-order valence-electron chi connectivity index (χ4n) is 1.72. The lowest BCUT2D eigenvalue weighted by Gasteiger charge is -2.10. The SMILES string of the molecule is CCCNC(=O)c1ccccc1NC(=O)c1ccco1. The molecule has 2 amide bonds. The summed E-state index contributed by atoms with van der Waals surface area (Å²) in [5.41, 5.74) is 0.892. The first-order valence-corrected chi connectivity index (χ1v) is 6.44. The molecule has 0 spiro atoms. The second-order valence-electron chi connectivity index (χ2n) is 4.23. The number of nitrogens with one attached hydrogen (secondary N) is 2. The third-order valence-electron chi connectivity index (χ3n) is 2.70. The molecule has 0 aliphatic heterocycles. The third kappa shape index (κ3) is 3.26. The van der Waals surface area contributed by atoms with Crippen LogP contribution in [-0.4, -0.2) is 18.4 Å². The van der Waals surface area contributed by atoms with Crippen LogP contribution in [0.5, 0.6) is 0 Å². The molecule has 0 atom stereocenters. The Hall–Kier alpha value is -2.56. The van der Waals surface area contributed by atoms with E-state index < -0.39 is 0 Å². The molecule has 2 rings (SSSR count). The molecule has 1 aromatic heterocycles. The Morgan fingerprint density at radius 3 is 2.60 bits per heavy atom. The van der Waals surface area contributed by atoms with Crippen LogP contribution in [0.3, 0.4) is 0 Å². The van der Waals surface area contributed by atoms with Crippen LogP contribution in [-0.2, 0) is 0 Å². The summed E-state index contributed by atoms with van der Waals surface area (Å²) in [5, 5.41) is 5.46. The van der Waals surface area contributed by atoms with Gasteiger partial charge in [-0.3, -0.25) is 9.59 Å². The van der Waals surface area contributed by atoms with E-state index in [1.807, 2.05) is 6.92 Å². The van der Waals surface area contributed by atoms with Crippen LogP contribution in [0.1, 0.15) is 34.3 Å².